The molecule has 1 amide bonds. The number of thiazole rings is 1. The molecule has 1 aromatic carbocycles. The molecule has 0 atom stereocenters. The van der Waals surface area contributed by atoms with E-state index in [-0.39, 0.29) is 5.91 Å². The molecule has 0 radical (unpaired) electrons. The van der Waals surface area contributed by atoms with E-state index in [0.717, 1.165) is 27.5 Å². The molecule has 0 bridgehead atoms. The molecule has 2 heterocycles. The van der Waals surface area contributed by atoms with Crippen molar-refractivity contribution >= 4 is 44.4 Å². The monoisotopic (exact) mass is 334 g/mol. The highest BCUT2D eigenvalue weighted by molar-refractivity contribution is 7.97. The number of ether oxygens (including phenoxy) is 1. The molecule has 0 aliphatic heterocycles. The maximum absolute atomic E-state index is 12.2. The van der Waals surface area contributed by atoms with Crippen LogP contribution >= 0.6 is 23.1 Å². The number of thioether (sulfide) groups is 1. The van der Waals surface area contributed by atoms with E-state index in [2.05, 4.69) is 10.3 Å². The van der Waals surface area contributed by atoms with Crippen molar-refractivity contribution in [3.8, 4) is 5.75 Å². The van der Waals surface area contributed by atoms with Gasteiger partial charge in [-0.05, 0) is 36.6 Å². The number of methoxy groups -OCH3 is 1. The summed E-state index contributed by atoms with van der Waals surface area (Å²) in [7, 11) is 1.62. The second-order valence-electron chi connectivity index (χ2n) is 4.51. The average Bonchev–Trinajstić information content (AvgIpc) is 3.12. The average molecular weight is 334 g/mol. The Morgan fingerprint density at radius 1 is 1.41 bits per heavy atom. The number of furan rings is 1. The van der Waals surface area contributed by atoms with Gasteiger partial charge in [-0.3, -0.25) is 10.1 Å². The van der Waals surface area contributed by atoms with Gasteiger partial charge >= 0.3 is 0 Å². The van der Waals surface area contributed by atoms with E-state index in [4.69, 9.17) is 9.15 Å². The summed E-state index contributed by atoms with van der Waals surface area (Å²) in [6.45, 7) is 0. The first-order chi connectivity index (χ1) is 10.7. The second kappa shape index (κ2) is 6.41. The summed E-state index contributed by atoms with van der Waals surface area (Å²) in [6, 6.07) is 9.09. The number of carbonyl (C=O) groups excluding carboxylic acids is 1. The maximum Gasteiger partial charge on any atom is 0.293 e. The zero-order valence-corrected chi connectivity index (χ0v) is 13.7. The Hall–Kier alpha value is -1.99. The Morgan fingerprint density at radius 2 is 2.27 bits per heavy atom. The maximum atomic E-state index is 12.2. The van der Waals surface area contributed by atoms with Gasteiger partial charge in [-0.1, -0.05) is 11.3 Å². The van der Waals surface area contributed by atoms with E-state index in [1.807, 2.05) is 30.5 Å². The smallest absolute Gasteiger partial charge is 0.293 e. The molecule has 0 aliphatic carbocycles. The van der Waals surface area contributed by atoms with Gasteiger partial charge in [0.2, 0.25) is 0 Å². The van der Waals surface area contributed by atoms with Gasteiger partial charge in [0.25, 0.3) is 5.91 Å². The number of fused-ring (bicyclic) bond motifs is 1. The lowest BCUT2D eigenvalue weighted by Crippen LogP contribution is -2.10. The summed E-state index contributed by atoms with van der Waals surface area (Å²) >= 11 is 3.04. The molecule has 0 aliphatic rings. The molecule has 7 heteroatoms. The molecule has 22 heavy (non-hydrogen) atoms. The fourth-order valence-electron chi connectivity index (χ4n) is 1.96. The number of amides is 1. The first-order valence-electron chi connectivity index (χ1n) is 6.53. The highest BCUT2D eigenvalue weighted by Crippen LogP contribution is 2.29. The van der Waals surface area contributed by atoms with Gasteiger partial charge in [0.1, 0.15) is 11.5 Å². The zero-order valence-electron chi connectivity index (χ0n) is 12.1. The third-order valence-corrected chi connectivity index (χ3v) is 4.49. The number of hydrogen-bond acceptors (Lipinski definition) is 6. The molecule has 114 valence electrons. The SMILES string of the molecule is COc1ccc2nc(NC(=O)c3ccc(CSC)o3)sc2c1. The van der Waals surface area contributed by atoms with Crippen molar-refractivity contribution in [1.29, 1.82) is 0 Å². The molecular formula is C15H14N2O3S2. The Labute approximate surface area is 135 Å². The molecule has 0 spiro atoms. The van der Waals surface area contributed by atoms with Crippen molar-refractivity contribution in [2.45, 2.75) is 5.75 Å². The second-order valence-corrected chi connectivity index (χ2v) is 6.40. The van der Waals surface area contributed by atoms with E-state index >= 15 is 0 Å². The minimum atomic E-state index is -0.293. The molecule has 1 N–H and O–H groups in total. The summed E-state index contributed by atoms with van der Waals surface area (Å²) in [5.41, 5.74) is 0.823. The Kier molecular flexibility index (Phi) is 4.35. The van der Waals surface area contributed by atoms with Gasteiger partial charge in [0.15, 0.2) is 10.9 Å². The highest BCUT2D eigenvalue weighted by atomic mass is 32.2. The summed E-state index contributed by atoms with van der Waals surface area (Å²) in [5.74, 6) is 2.29. The number of nitrogens with zero attached hydrogens (tertiary/aromatic N) is 1. The molecular weight excluding hydrogens is 320 g/mol. The third kappa shape index (κ3) is 3.10. The minimum absolute atomic E-state index is 0.292. The van der Waals surface area contributed by atoms with Crippen LogP contribution < -0.4 is 10.1 Å². The first kappa shape index (κ1) is 14.9. The molecule has 3 rings (SSSR count). The van der Waals surface area contributed by atoms with Crippen LogP contribution in [0.1, 0.15) is 16.3 Å². The van der Waals surface area contributed by atoms with Crippen LogP contribution in [0.4, 0.5) is 5.13 Å². The van der Waals surface area contributed by atoms with Gasteiger partial charge in [0.05, 0.1) is 23.1 Å². The van der Waals surface area contributed by atoms with Crippen molar-refractivity contribution in [1.82, 2.24) is 4.98 Å². The van der Waals surface area contributed by atoms with Crippen LogP contribution in [0.3, 0.4) is 0 Å². The van der Waals surface area contributed by atoms with Crippen LogP contribution in [-0.4, -0.2) is 24.3 Å². The molecule has 5 nitrogen and oxygen atoms in total. The predicted octanol–water partition coefficient (Wildman–Crippen LogP) is 4.01. The predicted molar refractivity (Wildman–Crippen MR) is 90.1 cm³/mol. The van der Waals surface area contributed by atoms with Crippen LogP contribution in [0, 0.1) is 0 Å². The quantitative estimate of drug-likeness (QED) is 0.763. The van der Waals surface area contributed by atoms with Gasteiger partial charge in [-0.2, -0.15) is 11.8 Å². The lowest BCUT2D eigenvalue weighted by Gasteiger charge is -1.97. The Balaban J connectivity index is 1.78. The van der Waals surface area contributed by atoms with Crippen molar-refractivity contribution in [2.24, 2.45) is 0 Å². The normalized spacial score (nSPS) is 10.8. The number of carbonyl (C=O) groups is 1. The standard InChI is InChI=1S/C15H14N2O3S2/c1-19-9-3-5-11-13(7-9)22-15(16-11)17-14(18)12-6-4-10(20-12)8-21-2/h3-7H,8H2,1-2H3,(H,16,17,18). The van der Waals surface area contributed by atoms with Gasteiger partial charge < -0.3 is 9.15 Å². The summed E-state index contributed by atoms with van der Waals surface area (Å²) in [6.07, 6.45) is 1.98. The van der Waals surface area contributed by atoms with Crippen LogP contribution in [0.15, 0.2) is 34.7 Å². The number of benzene rings is 1. The van der Waals surface area contributed by atoms with Crippen LogP contribution in [-0.2, 0) is 5.75 Å². The molecule has 0 fully saturated rings. The summed E-state index contributed by atoms with van der Waals surface area (Å²) in [5, 5.41) is 3.31. The van der Waals surface area contributed by atoms with Gasteiger partial charge in [-0.15, -0.1) is 0 Å². The van der Waals surface area contributed by atoms with E-state index < -0.39 is 0 Å². The fraction of sp³-hybridized carbons (Fsp3) is 0.200. The van der Waals surface area contributed by atoms with E-state index in [1.54, 1.807) is 24.9 Å². The van der Waals surface area contributed by atoms with Gasteiger partial charge in [-0.25, -0.2) is 4.98 Å². The van der Waals surface area contributed by atoms with Crippen molar-refractivity contribution in [2.75, 3.05) is 18.7 Å². The van der Waals surface area contributed by atoms with Crippen molar-refractivity contribution in [3.63, 3.8) is 0 Å². The molecule has 3 aromatic rings. The highest BCUT2D eigenvalue weighted by Gasteiger charge is 2.14. The van der Waals surface area contributed by atoms with Crippen molar-refractivity contribution < 1.29 is 13.9 Å². The molecule has 0 saturated carbocycles. The topological polar surface area (TPSA) is 64.4 Å². The lowest BCUT2D eigenvalue weighted by molar-refractivity contribution is 0.0995. The largest absolute Gasteiger partial charge is 0.497 e. The van der Waals surface area contributed by atoms with Gasteiger partial charge in [0, 0.05) is 0 Å². The minimum Gasteiger partial charge on any atom is -0.497 e. The molecule has 0 saturated heterocycles. The van der Waals surface area contributed by atoms with E-state index in [9.17, 15) is 4.79 Å². The number of anilines is 1. The summed E-state index contributed by atoms with van der Waals surface area (Å²) < 4.78 is 11.6. The molecule has 0 unspecified atom stereocenters. The number of rotatable bonds is 5. The lowest BCUT2D eigenvalue weighted by atomic mass is 10.3. The van der Waals surface area contributed by atoms with Crippen molar-refractivity contribution in [3.05, 3.63) is 41.9 Å². The number of hydrogen-bond donors (Lipinski definition) is 1. The fourth-order valence-corrected chi connectivity index (χ4v) is 3.29. The van der Waals surface area contributed by atoms with Crippen LogP contribution in [0.2, 0.25) is 0 Å². The summed E-state index contributed by atoms with van der Waals surface area (Å²) in [4.78, 5) is 16.5. The first-order valence-corrected chi connectivity index (χ1v) is 8.74. The Bertz CT molecular complexity index is 810. The molecule has 2 aromatic heterocycles. The van der Waals surface area contributed by atoms with E-state index in [0.29, 0.717) is 10.9 Å². The van der Waals surface area contributed by atoms with Crippen LogP contribution in [0.5, 0.6) is 5.75 Å². The number of nitrogens with one attached hydrogen (secondary N) is 1. The number of aromatic nitrogens is 1. The zero-order chi connectivity index (χ0) is 15.5. The Morgan fingerprint density at radius 3 is 3.05 bits per heavy atom. The van der Waals surface area contributed by atoms with E-state index in [1.165, 1.54) is 11.3 Å². The van der Waals surface area contributed by atoms with Crippen LogP contribution in [0.25, 0.3) is 10.2 Å². The third-order valence-electron chi connectivity index (χ3n) is 2.99.